The number of aliphatic hydroxyl groups is 1. The van der Waals surface area contributed by atoms with E-state index in [-0.39, 0.29) is 6.04 Å². The second-order valence-corrected chi connectivity index (χ2v) is 8.63. The van der Waals surface area contributed by atoms with E-state index >= 15 is 0 Å². The lowest BCUT2D eigenvalue weighted by Crippen LogP contribution is -2.50. The van der Waals surface area contributed by atoms with Gasteiger partial charge in [0.1, 0.15) is 12.4 Å². The smallest absolute Gasteiger partial charge is 0.234 e. The number of carbonyl (C=O) groups is 1. The predicted molar refractivity (Wildman–Crippen MR) is 112 cm³/mol. The molecule has 0 saturated carbocycles. The molecular weight excluding hydrogens is 368 g/mol. The van der Waals surface area contributed by atoms with Crippen molar-refractivity contribution in [1.82, 2.24) is 4.90 Å². The lowest BCUT2D eigenvalue weighted by atomic mass is 10.0. The minimum atomic E-state index is -1.21. The van der Waals surface area contributed by atoms with Crippen LogP contribution in [0.25, 0.3) is 0 Å². The molecule has 0 aromatic heterocycles. The lowest BCUT2D eigenvalue weighted by Gasteiger charge is -2.36. The molecule has 1 saturated heterocycles. The SMILES string of the molecule is CC(C)(C)OC(O)N1[C@@H](c2ccc(OCC3=CCCC=C3)cc2)CC[C@H]1C(N)=O. The van der Waals surface area contributed by atoms with Gasteiger partial charge in [-0.1, -0.05) is 30.4 Å². The lowest BCUT2D eigenvalue weighted by molar-refractivity contribution is -0.250. The van der Waals surface area contributed by atoms with Gasteiger partial charge in [-0.15, -0.1) is 0 Å². The van der Waals surface area contributed by atoms with E-state index in [1.165, 1.54) is 5.57 Å². The molecule has 2 aliphatic rings. The molecule has 1 aromatic carbocycles. The topological polar surface area (TPSA) is 85.0 Å². The number of ether oxygens (including phenoxy) is 2. The summed E-state index contributed by atoms with van der Waals surface area (Å²) in [7, 11) is 0. The van der Waals surface area contributed by atoms with E-state index in [0.29, 0.717) is 13.0 Å². The van der Waals surface area contributed by atoms with Gasteiger partial charge < -0.3 is 20.3 Å². The Hall–Kier alpha value is -2.15. The van der Waals surface area contributed by atoms with Crippen molar-refractivity contribution in [2.24, 2.45) is 5.73 Å². The van der Waals surface area contributed by atoms with Crippen molar-refractivity contribution >= 4 is 5.91 Å². The number of allylic oxidation sites excluding steroid dienone is 2. The van der Waals surface area contributed by atoms with Gasteiger partial charge in [-0.05, 0) is 69.7 Å². The van der Waals surface area contributed by atoms with Gasteiger partial charge >= 0.3 is 0 Å². The van der Waals surface area contributed by atoms with E-state index < -0.39 is 24.0 Å². The zero-order valence-electron chi connectivity index (χ0n) is 17.5. The highest BCUT2D eigenvalue weighted by molar-refractivity contribution is 5.80. The molecule has 3 rings (SSSR count). The second kappa shape index (κ2) is 9.11. The van der Waals surface area contributed by atoms with E-state index in [1.807, 2.05) is 45.0 Å². The van der Waals surface area contributed by atoms with Crippen LogP contribution < -0.4 is 10.5 Å². The number of hydrogen-bond acceptors (Lipinski definition) is 5. The Balaban J connectivity index is 1.70. The first-order valence-electron chi connectivity index (χ1n) is 10.3. The average molecular weight is 401 g/mol. The van der Waals surface area contributed by atoms with E-state index in [1.54, 1.807) is 4.90 Å². The number of rotatable bonds is 7. The minimum Gasteiger partial charge on any atom is -0.489 e. The maximum atomic E-state index is 11.9. The molecule has 1 amide bonds. The molecule has 0 bridgehead atoms. The Morgan fingerprint density at radius 2 is 1.97 bits per heavy atom. The van der Waals surface area contributed by atoms with Gasteiger partial charge in [0.15, 0.2) is 0 Å². The van der Waals surface area contributed by atoms with Crippen molar-refractivity contribution in [2.45, 2.75) is 70.6 Å². The minimum absolute atomic E-state index is 0.150. The summed E-state index contributed by atoms with van der Waals surface area (Å²) in [5.74, 6) is 0.342. The van der Waals surface area contributed by atoms with Crippen LogP contribution in [0.2, 0.25) is 0 Å². The zero-order valence-corrected chi connectivity index (χ0v) is 17.5. The van der Waals surface area contributed by atoms with Crippen LogP contribution in [-0.2, 0) is 9.53 Å². The number of primary amides is 1. The molecule has 6 heteroatoms. The summed E-state index contributed by atoms with van der Waals surface area (Å²) in [6.07, 6.45) is 8.72. The zero-order chi connectivity index (χ0) is 21.0. The van der Waals surface area contributed by atoms with Gasteiger partial charge in [-0.3, -0.25) is 4.79 Å². The maximum absolute atomic E-state index is 11.9. The molecule has 158 valence electrons. The largest absolute Gasteiger partial charge is 0.489 e. The third-order valence-electron chi connectivity index (χ3n) is 5.22. The first kappa shape index (κ1) is 21.6. The van der Waals surface area contributed by atoms with Crippen LogP contribution in [-0.4, -0.2) is 40.6 Å². The number of nitrogens with zero attached hydrogens (tertiary/aromatic N) is 1. The van der Waals surface area contributed by atoms with Crippen LogP contribution in [0.5, 0.6) is 5.75 Å². The van der Waals surface area contributed by atoms with Gasteiger partial charge in [0.05, 0.1) is 11.6 Å². The van der Waals surface area contributed by atoms with Gasteiger partial charge in [0, 0.05) is 6.04 Å². The molecule has 6 nitrogen and oxygen atoms in total. The van der Waals surface area contributed by atoms with Crippen LogP contribution >= 0.6 is 0 Å². The maximum Gasteiger partial charge on any atom is 0.234 e. The number of hydrogen-bond donors (Lipinski definition) is 2. The second-order valence-electron chi connectivity index (χ2n) is 8.63. The molecule has 1 aliphatic heterocycles. The Morgan fingerprint density at radius 3 is 2.55 bits per heavy atom. The van der Waals surface area contributed by atoms with Crippen molar-refractivity contribution in [2.75, 3.05) is 6.61 Å². The molecule has 1 unspecified atom stereocenters. The standard InChI is InChI=1S/C23H32N2O4/c1-23(2,3)29-22(27)25-19(13-14-20(25)21(24)26)17-9-11-18(12-10-17)28-15-16-7-5-4-6-8-16/h5,7-12,19-20,22,27H,4,6,13-15H2,1-3H3,(H2,24,26)/t19-,20+,22?/m1/s1. The predicted octanol–water partition coefficient (Wildman–Crippen LogP) is 3.42. The average Bonchev–Trinajstić information content (AvgIpc) is 3.12. The van der Waals surface area contributed by atoms with Crippen LogP contribution in [0.1, 0.15) is 58.1 Å². The fourth-order valence-corrected chi connectivity index (χ4v) is 3.87. The molecular formula is C23H32N2O4. The highest BCUT2D eigenvalue weighted by Crippen LogP contribution is 2.38. The molecule has 1 aliphatic carbocycles. The summed E-state index contributed by atoms with van der Waals surface area (Å²) in [6.45, 7) is 6.14. The Kier molecular flexibility index (Phi) is 6.77. The summed E-state index contributed by atoms with van der Waals surface area (Å²) in [6, 6.07) is 7.10. The van der Waals surface area contributed by atoms with Crippen LogP contribution in [0.15, 0.2) is 48.1 Å². The molecule has 3 N–H and O–H groups in total. The summed E-state index contributed by atoms with van der Waals surface area (Å²) < 4.78 is 11.6. The number of likely N-dealkylation sites (tertiary alicyclic amines) is 1. The summed E-state index contributed by atoms with van der Waals surface area (Å²) in [5.41, 5.74) is 7.22. The fourth-order valence-electron chi connectivity index (χ4n) is 3.87. The number of aliphatic hydroxyl groups excluding tert-OH is 1. The summed E-state index contributed by atoms with van der Waals surface area (Å²) in [5, 5.41) is 10.7. The molecule has 0 radical (unpaired) electrons. The van der Waals surface area contributed by atoms with Crippen molar-refractivity contribution in [3.05, 3.63) is 53.6 Å². The third-order valence-corrected chi connectivity index (χ3v) is 5.22. The fraction of sp³-hybridized carbons (Fsp3) is 0.522. The molecule has 0 spiro atoms. The quantitative estimate of drug-likeness (QED) is 0.685. The van der Waals surface area contributed by atoms with Gasteiger partial charge in [-0.25, -0.2) is 4.90 Å². The molecule has 29 heavy (non-hydrogen) atoms. The van der Waals surface area contributed by atoms with E-state index in [0.717, 1.165) is 30.6 Å². The van der Waals surface area contributed by atoms with Crippen LogP contribution in [0, 0.1) is 0 Å². The van der Waals surface area contributed by atoms with Crippen LogP contribution in [0.3, 0.4) is 0 Å². The Bertz CT molecular complexity index is 764. The van der Waals surface area contributed by atoms with E-state index in [2.05, 4.69) is 18.2 Å². The number of amides is 1. The molecule has 1 heterocycles. The number of carbonyl (C=O) groups excluding carboxylic acids is 1. The Labute approximate surface area is 173 Å². The van der Waals surface area contributed by atoms with Crippen molar-refractivity contribution < 1.29 is 19.4 Å². The monoisotopic (exact) mass is 400 g/mol. The Morgan fingerprint density at radius 1 is 1.24 bits per heavy atom. The van der Waals surface area contributed by atoms with Crippen molar-refractivity contribution in [1.29, 1.82) is 0 Å². The first-order chi connectivity index (χ1) is 13.7. The third kappa shape index (κ3) is 5.69. The number of nitrogens with two attached hydrogens (primary N) is 1. The highest BCUT2D eigenvalue weighted by atomic mass is 16.6. The van der Waals surface area contributed by atoms with Gasteiger partial charge in [-0.2, -0.15) is 0 Å². The van der Waals surface area contributed by atoms with Gasteiger partial charge in [0.25, 0.3) is 0 Å². The normalized spacial score (nSPS) is 23.7. The molecule has 1 aromatic rings. The summed E-state index contributed by atoms with van der Waals surface area (Å²) >= 11 is 0. The first-order valence-corrected chi connectivity index (χ1v) is 10.3. The van der Waals surface area contributed by atoms with E-state index in [4.69, 9.17) is 15.2 Å². The van der Waals surface area contributed by atoms with Gasteiger partial charge in [0.2, 0.25) is 12.3 Å². The number of benzene rings is 1. The van der Waals surface area contributed by atoms with Crippen LogP contribution in [0.4, 0.5) is 0 Å². The van der Waals surface area contributed by atoms with Crippen molar-refractivity contribution in [3.8, 4) is 5.75 Å². The molecule has 3 atom stereocenters. The summed E-state index contributed by atoms with van der Waals surface area (Å²) in [4.78, 5) is 13.6. The van der Waals surface area contributed by atoms with E-state index in [9.17, 15) is 9.90 Å². The molecule has 1 fully saturated rings. The van der Waals surface area contributed by atoms with Crippen molar-refractivity contribution in [3.63, 3.8) is 0 Å². The highest BCUT2D eigenvalue weighted by Gasteiger charge is 2.42.